The van der Waals surface area contributed by atoms with Crippen molar-refractivity contribution in [2.24, 2.45) is 5.92 Å². The lowest BCUT2D eigenvalue weighted by molar-refractivity contribution is -0.899. The molecule has 2 N–H and O–H groups in total. The van der Waals surface area contributed by atoms with Crippen molar-refractivity contribution in [1.29, 1.82) is 0 Å². The maximum atomic E-state index is 12.7. The number of quaternary nitrogens is 1. The molecule has 2 atom stereocenters. The molecule has 1 aromatic heterocycles. The van der Waals surface area contributed by atoms with Crippen molar-refractivity contribution in [2.45, 2.75) is 51.9 Å². The number of thiophene rings is 1. The van der Waals surface area contributed by atoms with Crippen LogP contribution in [-0.4, -0.2) is 51.2 Å². The highest BCUT2D eigenvalue weighted by molar-refractivity contribution is 7.17. The number of rotatable bonds is 6. The van der Waals surface area contributed by atoms with E-state index in [9.17, 15) is 14.4 Å². The minimum Gasteiger partial charge on any atom is -0.466 e. The lowest BCUT2D eigenvalue weighted by Gasteiger charge is -2.28. The second kappa shape index (κ2) is 10.2. The molecule has 1 amide bonds. The van der Waals surface area contributed by atoms with E-state index in [1.54, 1.807) is 6.92 Å². The van der Waals surface area contributed by atoms with Crippen LogP contribution in [0.15, 0.2) is 0 Å². The van der Waals surface area contributed by atoms with E-state index in [1.165, 1.54) is 23.3 Å². The van der Waals surface area contributed by atoms with Crippen LogP contribution in [0.2, 0.25) is 0 Å². The van der Waals surface area contributed by atoms with E-state index < -0.39 is 0 Å². The quantitative estimate of drug-likeness (QED) is 0.536. The number of ether oxygens (including phenoxy) is 2. The number of nitrogens with one attached hydrogen (secondary N) is 2. The fourth-order valence-electron chi connectivity index (χ4n) is 4.32. The molecule has 0 radical (unpaired) electrons. The Bertz CT molecular complexity index is 760. The van der Waals surface area contributed by atoms with E-state index in [0.29, 0.717) is 23.7 Å². The van der Waals surface area contributed by atoms with Gasteiger partial charge in [-0.25, -0.2) is 4.79 Å². The summed E-state index contributed by atoms with van der Waals surface area (Å²) in [4.78, 5) is 39.4. The van der Waals surface area contributed by atoms with Gasteiger partial charge in [0, 0.05) is 4.88 Å². The molecule has 0 aromatic carbocycles. The summed E-state index contributed by atoms with van der Waals surface area (Å²) in [5, 5.41) is 3.57. The number of piperidine rings is 1. The average molecular weight is 424 g/mol. The summed E-state index contributed by atoms with van der Waals surface area (Å²) in [6, 6.07) is 0. The molecule has 7 nitrogen and oxygen atoms in total. The molecule has 29 heavy (non-hydrogen) atoms. The first kappa shape index (κ1) is 21.8. The molecule has 8 heteroatoms. The molecule has 0 bridgehead atoms. The Balaban J connectivity index is 1.67. The molecule has 0 saturated carbocycles. The smallest absolute Gasteiger partial charge is 0.341 e. The minimum absolute atomic E-state index is 0.133. The van der Waals surface area contributed by atoms with Crippen LogP contribution in [0.3, 0.4) is 0 Å². The zero-order chi connectivity index (χ0) is 20.8. The Kier molecular flexibility index (Phi) is 7.66. The lowest BCUT2D eigenvalue weighted by atomic mass is 9.98. The largest absolute Gasteiger partial charge is 0.466 e. The number of hydrogen-bond acceptors (Lipinski definition) is 6. The summed E-state index contributed by atoms with van der Waals surface area (Å²) in [6.07, 6.45) is 6.82. The molecule has 2 heterocycles. The van der Waals surface area contributed by atoms with Gasteiger partial charge in [-0.2, -0.15) is 0 Å². The molecule has 1 saturated heterocycles. The average Bonchev–Trinajstić information content (AvgIpc) is 2.88. The minimum atomic E-state index is -0.382. The predicted octanol–water partition coefficient (Wildman–Crippen LogP) is 1.60. The van der Waals surface area contributed by atoms with Gasteiger partial charge in [0.1, 0.15) is 10.9 Å². The molecule has 3 rings (SSSR count). The Hall–Kier alpha value is -1.93. The number of hydrogen-bond donors (Lipinski definition) is 2. The van der Waals surface area contributed by atoms with Crippen LogP contribution < -0.4 is 10.2 Å². The molecular formula is C21H31N2O5S+. The molecule has 1 aromatic rings. The van der Waals surface area contributed by atoms with Crippen LogP contribution in [0.4, 0.5) is 5.00 Å². The first-order valence-electron chi connectivity index (χ1n) is 10.6. The zero-order valence-electron chi connectivity index (χ0n) is 17.3. The van der Waals surface area contributed by atoms with Crippen molar-refractivity contribution in [1.82, 2.24) is 0 Å². The molecule has 1 unspecified atom stereocenters. The highest BCUT2D eigenvalue weighted by Crippen LogP contribution is 2.37. The SMILES string of the molecule is CCOC(=O)[C@@H]1CCC[NH+](CC(=O)Nc2sc3c(c2C(=O)OC)CCCCC3)C1. The number of fused-ring (bicyclic) bond motifs is 1. The number of carbonyl (C=O) groups is 3. The first-order chi connectivity index (χ1) is 14.0. The summed E-state index contributed by atoms with van der Waals surface area (Å²) < 4.78 is 10.1. The van der Waals surface area contributed by atoms with E-state index in [0.717, 1.165) is 62.0 Å². The van der Waals surface area contributed by atoms with Crippen LogP contribution in [0, 0.1) is 5.92 Å². The topological polar surface area (TPSA) is 86.1 Å². The molecule has 1 fully saturated rings. The van der Waals surface area contributed by atoms with Gasteiger partial charge in [-0.15, -0.1) is 11.3 Å². The maximum Gasteiger partial charge on any atom is 0.341 e. The summed E-state index contributed by atoms with van der Waals surface area (Å²) in [5.41, 5.74) is 1.57. The summed E-state index contributed by atoms with van der Waals surface area (Å²) in [6.45, 7) is 3.93. The van der Waals surface area contributed by atoms with Crippen LogP contribution in [0.25, 0.3) is 0 Å². The van der Waals surface area contributed by atoms with Gasteiger partial charge in [-0.1, -0.05) is 6.42 Å². The second-order valence-corrected chi connectivity index (χ2v) is 8.89. The van der Waals surface area contributed by atoms with Crippen LogP contribution >= 0.6 is 11.3 Å². The fourth-order valence-corrected chi connectivity index (χ4v) is 5.61. The second-order valence-electron chi connectivity index (χ2n) is 7.78. The molecule has 160 valence electrons. The van der Waals surface area contributed by atoms with Crippen LogP contribution in [0.5, 0.6) is 0 Å². The number of carbonyl (C=O) groups excluding carboxylic acids is 3. The van der Waals surface area contributed by atoms with E-state index in [1.807, 2.05) is 0 Å². The van der Waals surface area contributed by atoms with Crippen molar-refractivity contribution in [3.8, 4) is 0 Å². The highest BCUT2D eigenvalue weighted by atomic mass is 32.1. The van der Waals surface area contributed by atoms with Gasteiger partial charge in [0.2, 0.25) is 0 Å². The molecule has 0 spiro atoms. The zero-order valence-corrected chi connectivity index (χ0v) is 18.1. The third-order valence-corrected chi connectivity index (χ3v) is 6.92. The normalized spacial score (nSPS) is 21.6. The van der Waals surface area contributed by atoms with Crippen molar-refractivity contribution >= 4 is 34.2 Å². The third-order valence-electron chi connectivity index (χ3n) is 5.71. The summed E-state index contributed by atoms with van der Waals surface area (Å²) in [5.74, 6) is -0.825. The van der Waals surface area contributed by atoms with Crippen molar-refractivity contribution in [3.05, 3.63) is 16.0 Å². The molecular weight excluding hydrogens is 392 g/mol. The molecule has 1 aliphatic heterocycles. The van der Waals surface area contributed by atoms with Gasteiger partial charge in [0.25, 0.3) is 5.91 Å². The number of esters is 2. The summed E-state index contributed by atoms with van der Waals surface area (Å²) in [7, 11) is 1.38. The first-order valence-corrected chi connectivity index (χ1v) is 11.4. The maximum absolute atomic E-state index is 12.7. The van der Waals surface area contributed by atoms with E-state index in [4.69, 9.17) is 9.47 Å². The van der Waals surface area contributed by atoms with Gasteiger partial charge in [0.15, 0.2) is 6.54 Å². The molecule has 2 aliphatic rings. The lowest BCUT2D eigenvalue weighted by Crippen LogP contribution is -3.14. The van der Waals surface area contributed by atoms with Crippen molar-refractivity contribution in [2.75, 3.05) is 38.7 Å². The number of amides is 1. The van der Waals surface area contributed by atoms with Gasteiger partial charge in [-0.3, -0.25) is 9.59 Å². The highest BCUT2D eigenvalue weighted by Gasteiger charge is 2.32. The Morgan fingerprint density at radius 1 is 1.17 bits per heavy atom. The number of methoxy groups -OCH3 is 1. The van der Waals surface area contributed by atoms with Gasteiger partial charge < -0.3 is 19.7 Å². The summed E-state index contributed by atoms with van der Waals surface area (Å²) >= 11 is 1.51. The predicted molar refractivity (Wildman–Crippen MR) is 110 cm³/mol. The third kappa shape index (κ3) is 5.36. The number of aryl methyl sites for hydroxylation is 1. The van der Waals surface area contributed by atoms with Gasteiger partial charge in [-0.05, 0) is 51.0 Å². The van der Waals surface area contributed by atoms with E-state index >= 15 is 0 Å². The Morgan fingerprint density at radius 3 is 2.72 bits per heavy atom. The van der Waals surface area contributed by atoms with E-state index in [-0.39, 0.29) is 30.3 Å². The standard InChI is InChI=1S/C21H30N2O5S/c1-3-28-20(25)14-8-7-11-23(12-14)13-17(24)22-19-18(21(26)27-2)15-9-5-4-6-10-16(15)29-19/h14H,3-13H2,1-2H3,(H,22,24)/p+1/t14-/m1/s1. The monoisotopic (exact) mass is 423 g/mol. The Labute approximate surface area is 175 Å². The van der Waals surface area contributed by atoms with Gasteiger partial charge >= 0.3 is 11.9 Å². The van der Waals surface area contributed by atoms with Crippen LogP contribution in [0.1, 0.15) is 59.8 Å². The fraction of sp³-hybridized carbons (Fsp3) is 0.667. The molecule has 1 aliphatic carbocycles. The van der Waals surface area contributed by atoms with Crippen molar-refractivity contribution in [3.63, 3.8) is 0 Å². The van der Waals surface area contributed by atoms with E-state index in [2.05, 4.69) is 5.32 Å². The number of anilines is 1. The number of likely N-dealkylation sites (tertiary alicyclic amines) is 1. The Morgan fingerprint density at radius 2 is 1.97 bits per heavy atom. The van der Waals surface area contributed by atoms with Crippen molar-refractivity contribution < 1.29 is 28.8 Å². The van der Waals surface area contributed by atoms with Gasteiger partial charge in [0.05, 0.1) is 32.4 Å². The van der Waals surface area contributed by atoms with Crippen LogP contribution in [-0.2, 0) is 31.9 Å².